The lowest BCUT2D eigenvalue weighted by Crippen LogP contribution is -2.22. The molecular formula is C17H13BrN2OS. The Morgan fingerprint density at radius 1 is 1.09 bits per heavy atom. The van der Waals surface area contributed by atoms with E-state index in [1.54, 1.807) is 23.5 Å². The van der Waals surface area contributed by atoms with Crippen molar-refractivity contribution >= 4 is 33.2 Å². The van der Waals surface area contributed by atoms with Gasteiger partial charge >= 0.3 is 0 Å². The third-order valence-electron chi connectivity index (χ3n) is 3.11. The van der Waals surface area contributed by atoms with Crippen LogP contribution in [-0.2, 0) is 6.54 Å². The van der Waals surface area contributed by atoms with Gasteiger partial charge in [-0.2, -0.15) is 0 Å². The number of nitrogens with zero attached hydrogens (tertiary/aromatic N) is 1. The van der Waals surface area contributed by atoms with Crippen molar-refractivity contribution in [2.45, 2.75) is 6.54 Å². The first kappa shape index (κ1) is 14.9. The number of carbonyl (C=O) groups excluding carboxylic acids is 1. The van der Waals surface area contributed by atoms with E-state index in [-0.39, 0.29) is 5.91 Å². The van der Waals surface area contributed by atoms with Gasteiger partial charge in [-0.1, -0.05) is 46.3 Å². The number of rotatable bonds is 4. The molecule has 3 aromatic rings. The Morgan fingerprint density at radius 3 is 2.55 bits per heavy atom. The number of thiazole rings is 1. The molecule has 22 heavy (non-hydrogen) atoms. The largest absolute Gasteiger partial charge is 0.346 e. The molecule has 1 aromatic heterocycles. The Morgan fingerprint density at radius 2 is 1.82 bits per heavy atom. The molecule has 1 N–H and O–H groups in total. The van der Waals surface area contributed by atoms with Gasteiger partial charge in [0.15, 0.2) is 0 Å². The molecular weight excluding hydrogens is 360 g/mol. The van der Waals surface area contributed by atoms with Crippen molar-refractivity contribution in [1.29, 1.82) is 0 Å². The van der Waals surface area contributed by atoms with Crippen LogP contribution in [0.5, 0.6) is 0 Å². The highest BCUT2D eigenvalue weighted by molar-refractivity contribution is 9.10. The Bertz CT molecular complexity index is 769. The van der Waals surface area contributed by atoms with E-state index in [2.05, 4.69) is 26.2 Å². The number of hydrogen-bond acceptors (Lipinski definition) is 3. The van der Waals surface area contributed by atoms with E-state index >= 15 is 0 Å². The zero-order valence-corrected chi connectivity index (χ0v) is 14.0. The monoisotopic (exact) mass is 372 g/mol. The molecule has 0 aliphatic heterocycles. The summed E-state index contributed by atoms with van der Waals surface area (Å²) in [6, 6.07) is 17.3. The van der Waals surface area contributed by atoms with Gasteiger partial charge in [0.1, 0.15) is 5.01 Å². The quantitative estimate of drug-likeness (QED) is 0.732. The molecule has 0 bridgehead atoms. The molecule has 0 aliphatic rings. The van der Waals surface area contributed by atoms with Gasteiger partial charge in [-0.25, -0.2) is 4.98 Å². The highest BCUT2D eigenvalue weighted by Gasteiger charge is 2.08. The molecule has 0 unspecified atom stereocenters. The summed E-state index contributed by atoms with van der Waals surface area (Å²) in [5.74, 6) is -0.0956. The van der Waals surface area contributed by atoms with Crippen molar-refractivity contribution in [2.24, 2.45) is 0 Å². The van der Waals surface area contributed by atoms with E-state index in [1.807, 2.05) is 47.8 Å². The summed E-state index contributed by atoms with van der Waals surface area (Å²) < 4.78 is 0.955. The van der Waals surface area contributed by atoms with Gasteiger partial charge in [-0.05, 0) is 24.3 Å². The Hall–Kier alpha value is -1.98. The van der Waals surface area contributed by atoms with Crippen LogP contribution < -0.4 is 5.32 Å². The van der Waals surface area contributed by atoms with Gasteiger partial charge in [-0.15, -0.1) is 11.3 Å². The topological polar surface area (TPSA) is 42.0 Å². The molecule has 5 heteroatoms. The van der Waals surface area contributed by atoms with Crippen molar-refractivity contribution in [3.05, 3.63) is 75.7 Å². The lowest BCUT2D eigenvalue weighted by molar-refractivity contribution is 0.0950. The molecule has 0 aliphatic carbocycles. The van der Waals surface area contributed by atoms with E-state index in [9.17, 15) is 4.79 Å². The molecule has 110 valence electrons. The van der Waals surface area contributed by atoms with Crippen LogP contribution >= 0.6 is 27.3 Å². The summed E-state index contributed by atoms with van der Waals surface area (Å²) in [6.07, 6.45) is 0. The highest BCUT2D eigenvalue weighted by Crippen LogP contribution is 2.23. The molecule has 1 amide bonds. The number of nitrogens with one attached hydrogen (secondary N) is 1. The molecule has 0 fully saturated rings. The average Bonchev–Trinajstić information content (AvgIpc) is 3.03. The van der Waals surface area contributed by atoms with Crippen LogP contribution in [0.1, 0.15) is 16.1 Å². The third-order valence-corrected chi connectivity index (χ3v) is 4.58. The predicted molar refractivity (Wildman–Crippen MR) is 92.9 cm³/mol. The van der Waals surface area contributed by atoms with Crippen molar-refractivity contribution in [2.75, 3.05) is 0 Å². The van der Waals surface area contributed by atoms with Crippen LogP contribution in [-0.4, -0.2) is 10.9 Å². The number of hydrogen-bond donors (Lipinski definition) is 1. The van der Waals surface area contributed by atoms with Gasteiger partial charge in [0.2, 0.25) is 0 Å². The molecule has 0 saturated heterocycles. The normalized spacial score (nSPS) is 10.4. The van der Waals surface area contributed by atoms with Crippen LogP contribution in [0.4, 0.5) is 0 Å². The van der Waals surface area contributed by atoms with E-state index in [0.29, 0.717) is 12.1 Å². The van der Waals surface area contributed by atoms with Crippen molar-refractivity contribution in [1.82, 2.24) is 10.3 Å². The molecule has 0 spiro atoms. The van der Waals surface area contributed by atoms with Crippen LogP contribution in [0.15, 0.2) is 64.5 Å². The summed E-state index contributed by atoms with van der Waals surface area (Å²) >= 11 is 4.94. The predicted octanol–water partition coefficient (Wildman–Crippen LogP) is 4.50. The fourth-order valence-corrected chi connectivity index (χ4v) is 3.07. The van der Waals surface area contributed by atoms with Gasteiger partial charge in [0.05, 0.1) is 12.2 Å². The third kappa shape index (κ3) is 3.61. The lowest BCUT2D eigenvalue weighted by Gasteiger charge is -2.03. The molecule has 3 nitrogen and oxygen atoms in total. The molecule has 0 atom stereocenters. The minimum atomic E-state index is -0.0956. The summed E-state index contributed by atoms with van der Waals surface area (Å²) in [5, 5.41) is 5.83. The van der Waals surface area contributed by atoms with Gasteiger partial charge in [0, 0.05) is 21.0 Å². The van der Waals surface area contributed by atoms with E-state index < -0.39 is 0 Å². The molecule has 1 heterocycles. The van der Waals surface area contributed by atoms with Gasteiger partial charge in [0.25, 0.3) is 5.91 Å². The first-order chi connectivity index (χ1) is 10.7. The zero-order chi connectivity index (χ0) is 15.4. The fraction of sp³-hybridized carbons (Fsp3) is 0.0588. The van der Waals surface area contributed by atoms with E-state index in [4.69, 9.17) is 0 Å². The zero-order valence-electron chi connectivity index (χ0n) is 11.6. The van der Waals surface area contributed by atoms with Crippen LogP contribution in [0.25, 0.3) is 10.6 Å². The number of amides is 1. The van der Waals surface area contributed by atoms with Crippen LogP contribution in [0.3, 0.4) is 0 Å². The van der Waals surface area contributed by atoms with Crippen LogP contribution in [0.2, 0.25) is 0 Å². The molecule has 2 aromatic carbocycles. The second kappa shape index (κ2) is 6.85. The Balaban J connectivity index is 1.64. The number of benzene rings is 2. The smallest absolute Gasteiger partial charge is 0.251 e. The summed E-state index contributed by atoms with van der Waals surface area (Å²) in [7, 11) is 0. The van der Waals surface area contributed by atoms with Crippen molar-refractivity contribution < 1.29 is 4.79 Å². The minimum absolute atomic E-state index is 0.0956. The SMILES string of the molecule is O=C(NCc1csc(-c2ccccc2)n1)c1ccc(Br)cc1. The first-order valence-corrected chi connectivity index (χ1v) is 8.43. The van der Waals surface area contributed by atoms with Crippen molar-refractivity contribution in [3.63, 3.8) is 0 Å². The highest BCUT2D eigenvalue weighted by atomic mass is 79.9. The van der Waals surface area contributed by atoms with Crippen molar-refractivity contribution in [3.8, 4) is 10.6 Å². The standard InChI is InChI=1S/C17H13BrN2OS/c18-14-8-6-12(7-9-14)16(21)19-10-15-11-22-17(20-15)13-4-2-1-3-5-13/h1-9,11H,10H2,(H,19,21). The Labute approximate surface area is 141 Å². The summed E-state index contributed by atoms with van der Waals surface area (Å²) in [6.45, 7) is 0.429. The fourth-order valence-electron chi connectivity index (χ4n) is 1.98. The minimum Gasteiger partial charge on any atom is -0.346 e. The Kier molecular flexibility index (Phi) is 4.65. The van der Waals surface area contributed by atoms with Crippen LogP contribution in [0, 0.1) is 0 Å². The number of carbonyl (C=O) groups is 1. The molecule has 3 rings (SSSR count). The maximum atomic E-state index is 12.1. The second-order valence-electron chi connectivity index (χ2n) is 4.70. The second-order valence-corrected chi connectivity index (χ2v) is 6.47. The molecule has 0 saturated carbocycles. The summed E-state index contributed by atoms with van der Waals surface area (Å²) in [4.78, 5) is 16.6. The lowest BCUT2D eigenvalue weighted by atomic mass is 10.2. The van der Waals surface area contributed by atoms with Gasteiger partial charge < -0.3 is 5.32 Å². The van der Waals surface area contributed by atoms with E-state index in [0.717, 1.165) is 20.7 Å². The average molecular weight is 373 g/mol. The maximum absolute atomic E-state index is 12.1. The first-order valence-electron chi connectivity index (χ1n) is 6.76. The number of halogens is 1. The van der Waals surface area contributed by atoms with Gasteiger partial charge in [-0.3, -0.25) is 4.79 Å². The maximum Gasteiger partial charge on any atom is 0.251 e. The number of aromatic nitrogens is 1. The van der Waals surface area contributed by atoms with E-state index in [1.165, 1.54) is 0 Å². The molecule has 0 radical (unpaired) electrons. The summed E-state index contributed by atoms with van der Waals surface area (Å²) in [5.41, 5.74) is 2.61.